The molecule has 118 valence electrons. The summed E-state index contributed by atoms with van der Waals surface area (Å²) in [5.41, 5.74) is 5.90. The van der Waals surface area contributed by atoms with Crippen LogP contribution in [0.1, 0.15) is 80.2 Å². The van der Waals surface area contributed by atoms with Gasteiger partial charge in [0.15, 0.2) is 0 Å². The Kier molecular flexibility index (Phi) is 6.29. The van der Waals surface area contributed by atoms with Gasteiger partial charge in [-0.25, -0.2) is 0 Å². The molecule has 0 aliphatic heterocycles. The molecule has 0 aromatic heterocycles. The summed E-state index contributed by atoms with van der Waals surface area (Å²) in [4.78, 5) is 0. The maximum atomic E-state index is 3.83. The van der Waals surface area contributed by atoms with Crippen LogP contribution in [-0.4, -0.2) is 6.54 Å². The summed E-state index contributed by atoms with van der Waals surface area (Å²) in [5, 5.41) is 3.83. The van der Waals surface area contributed by atoms with Crippen molar-refractivity contribution in [1.29, 1.82) is 0 Å². The molecule has 1 N–H and O–H groups in total. The molecule has 1 nitrogen and oxygen atoms in total. The van der Waals surface area contributed by atoms with E-state index in [9.17, 15) is 0 Å². The maximum Gasteiger partial charge on any atom is 0.0328 e. The molecule has 0 radical (unpaired) electrons. The van der Waals surface area contributed by atoms with Gasteiger partial charge in [-0.1, -0.05) is 56.7 Å². The summed E-state index contributed by atoms with van der Waals surface area (Å²) in [5.74, 6) is 0.924. The van der Waals surface area contributed by atoms with Crippen LogP contribution in [0.5, 0.6) is 0 Å². The van der Waals surface area contributed by atoms with E-state index in [1.807, 2.05) is 0 Å². The second kappa shape index (κ2) is 7.98. The van der Waals surface area contributed by atoms with Gasteiger partial charge in [0.05, 0.1) is 0 Å². The van der Waals surface area contributed by atoms with Crippen molar-refractivity contribution in [1.82, 2.24) is 5.32 Å². The second-order valence-corrected chi connectivity index (χ2v) is 7.06. The van der Waals surface area contributed by atoms with Gasteiger partial charge in [-0.15, -0.1) is 0 Å². The van der Waals surface area contributed by atoms with E-state index < -0.39 is 0 Å². The van der Waals surface area contributed by atoms with Gasteiger partial charge in [0, 0.05) is 6.04 Å². The monoisotopic (exact) mass is 287 g/mol. The molecule has 1 saturated carbocycles. The van der Waals surface area contributed by atoms with Crippen molar-refractivity contribution in [2.75, 3.05) is 6.54 Å². The Balaban J connectivity index is 2.18. The predicted octanol–water partition coefficient (Wildman–Crippen LogP) is 5.62. The van der Waals surface area contributed by atoms with Crippen LogP contribution in [0.25, 0.3) is 0 Å². The van der Waals surface area contributed by atoms with Crippen LogP contribution < -0.4 is 5.32 Å². The first kappa shape index (κ1) is 16.5. The SMILES string of the molecule is CCCNC(CC1CCCCC1)c1c(C)cc(C)cc1C. The van der Waals surface area contributed by atoms with Gasteiger partial charge < -0.3 is 5.32 Å². The van der Waals surface area contributed by atoms with Crippen molar-refractivity contribution in [3.05, 3.63) is 34.4 Å². The second-order valence-electron chi connectivity index (χ2n) is 7.06. The molecule has 1 aromatic rings. The van der Waals surface area contributed by atoms with E-state index in [0.29, 0.717) is 6.04 Å². The molecule has 1 aliphatic carbocycles. The molecular formula is C20H33N. The third kappa shape index (κ3) is 4.57. The lowest BCUT2D eigenvalue weighted by molar-refractivity contribution is 0.299. The molecule has 2 rings (SSSR count). The molecule has 1 unspecified atom stereocenters. The molecule has 0 amide bonds. The lowest BCUT2D eigenvalue weighted by atomic mass is 9.81. The number of hydrogen-bond acceptors (Lipinski definition) is 1. The molecule has 1 aliphatic rings. The Hall–Kier alpha value is -0.820. The zero-order valence-corrected chi connectivity index (χ0v) is 14.5. The minimum Gasteiger partial charge on any atom is -0.310 e. The van der Waals surface area contributed by atoms with E-state index in [-0.39, 0.29) is 0 Å². The Morgan fingerprint density at radius 1 is 1.05 bits per heavy atom. The van der Waals surface area contributed by atoms with E-state index in [1.54, 1.807) is 5.56 Å². The van der Waals surface area contributed by atoms with Crippen molar-refractivity contribution in [3.63, 3.8) is 0 Å². The fourth-order valence-electron chi connectivity index (χ4n) is 4.12. The van der Waals surface area contributed by atoms with E-state index in [2.05, 4.69) is 45.1 Å². The summed E-state index contributed by atoms with van der Waals surface area (Å²) in [6.07, 6.45) is 9.75. The summed E-state index contributed by atoms with van der Waals surface area (Å²) >= 11 is 0. The van der Waals surface area contributed by atoms with Gasteiger partial charge in [0.2, 0.25) is 0 Å². The van der Waals surface area contributed by atoms with Crippen LogP contribution in [0.15, 0.2) is 12.1 Å². The Bertz CT molecular complexity index is 420. The molecule has 1 fully saturated rings. The van der Waals surface area contributed by atoms with Gasteiger partial charge >= 0.3 is 0 Å². The molecule has 1 aromatic carbocycles. The van der Waals surface area contributed by atoms with Gasteiger partial charge in [0.25, 0.3) is 0 Å². The largest absolute Gasteiger partial charge is 0.310 e. The highest BCUT2D eigenvalue weighted by Gasteiger charge is 2.22. The van der Waals surface area contributed by atoms with Crippen molar-refractivity contribution >= 4 is 0 Å². The summed E-state index contributed by atoms with van der Waals surface area (Å²) in [7, 11) is 0. The molecule has 1 atom stereocenters. The average molecular weight is 287 g/mol. The van der Waals surface area contributed by atoms with Crippen LogP contribution in [0.4, 0.5) is 0 Å². The highest BCUT2D eigenvalue weighted by molar-refractivity contribution is 5.39. The van der Waals surface area contributed by atoms with Crippen molar-refractivity contribution in [2.24, 2.45) is 5.92 Å². The molecule has 1 heteroatoms. The standard InChI is InChI=1S/C20H33N/c1-5-11-21-19(14-18-9-7-6-8-10-18)20-16(3)12-15(2)13-17(20)4/h12-13,18-19,21H,5-11,14H2,1-4H3. The lowest BCUT2D eigenvalue weighted by Crippen LogP contribution is -2.26. The summed E-state index contributed by atoms with van der Waals surface area (Å²) < 4.78 is 0. The number of nitrogens with one attached hydrogen (secondary N) is 1. The highest BCUT2D eigenvalue weighted by atomic mass is 14.9. The van der Waals surface area contributed by atoms with Crippen LogP contribution in [-0.2, 0) is 0 Å². The van der Waals surface area contributed by atoms with Crippen LogP contribution >= 0.6 is 0 Å². The zero-order valence-electron chi connectivity index (χ0n) is 14.5. The Morgan fingerprint density at radius 2 is 1.67 bits per heavy atom. The van der Waals surface area contributed by atoms with Crippen molar-refractivity contribution in [2.45, 2.75) is 78.7 Å². The first-order valence-corrected chi connectivity index (χ1v) is 8.93. The summed E-state index contributed by atoms with van der Waals surface area (Å²) in [6, 6.07) is 5.25. The smallest absolute Gasteiger partial charge is 0.0328 e. The van der Waals surface area contributed by atoms with E-state index >= 15 is 0 Å². The third-order valence-corrected chi connectivity index (χ3v) is 5.02. The van der Waals surface area contributed by atoms with E-state index in [1.165, 1.54) is 61.6 Å². The van der Waals surface area contributed by atoms with E-state index in [0.717, 1.165) is 12.5 Å². The molecule has 0 saturated heterocycles. The Morgan fingerprint density at radius 3 is 2.24 bits per heavy atom. The molecule has 0 spiro atoms. The van der Waals surface area contributed by atoms with Crippen LogP contribution in [0, 0.1) is 26.7 Å². The van der Waals surface area contributed by atoms with Crippen LogP contribution in [0.2, 0.25) is 0 Å². The summed E-state index contributed by atoms with van der Waals surface area (Å²) in [6.45, 7) is 10.2. The number of aryl methyl sites for hydroxylation is 3. The average Bonchev–Trinajstić information content (AvgIpc) is 2.44. The minimum absolute atomic E-state index is 0.550. The van der Waals surface area contributed by atoms with Gasteiger partial charge in [-0.2, -0.15) is 0 Å². The molecular weight excluding hydrogens is 254 g/mol. The van der Waals surface area contributed by atoms with Crippen LogP contribution in [0.3, 0.4) is 0 Å². The number of hydrogen-bond donors (Lipinski definition) is 1. The molecule has 0 heterocycles. The maximum absolute atomic E-state index is 3.83. The predicted molar refractivity (Wildman–Crippen MR) is 92.9 cm³/mol. The first-order chi connectivity index (χ1) is 10.1. The number of benzene rings is 1. The fraction of sp³-hybridized carbons (Fsp3) is 0.700. The lowest BCUT2D eigenvalue weighted by Gasteiger charge is -2.29. The number of rotatable bonds is 6. The quantitative estimate of drug-likeness (QED) is 0.715. The van der Waals surface area contributed by atoms with Gasteiger partial charge in [-0.05, 0) is 62.8 Å². The van der Waals surface area contributed by atoms with Gasteiger partial charge in [0.1, 0.15) is 0 Å². The topological polar surface area (TPSA) is 12.0 Å². The Labute approximate surface area is 131 Å². The van der Waals surface area contributed by atoms with Crippen molar-refractivity contribution in [3.8, 4) is 0 Å². The zero-order chi connectivity index (χ0) is 15.2. The van der Waals surface area contributed by atoms with Crippen molar-refractivity contribution < 1.29 is 0 Å². The molecule has 0 bridgehead atoms. The first-order valence-electron chi connectivity index (χ1n) is 8.93. The third-order valence-electron chi connectivity index (χ3n) is 5.02. The van der Waals surface area contributed by atoms with E-state index in [4.69, 9.17) is 0 Å². The van der Waals surface area contributed by atoms with Gasteiger partial charge in [-0.3, -0.25) is 0 Å². The normalized spacial score (nSPS) is 17.9. The molecule has 21 heavy (non-hydrogen) atoms. The minimum atomic E-state index is 0.550. The fourth-order valence-corrected chi connectivity index (χ4v) is 4.12. The highest BCUT2D eigenvalue weighted by Crippen LogP contribution is 2.34.